The lowest BCUT2D eigenvalue weighted by Gasteiger charge is -2.30. The second-order valence-electron chi connectivity index (χ2n) is 6.08. The van der Waals surface area contributed by atoms with Gasteiger partial charge in [0.15, 0.2) is 0 Å². The molecule has 0 unspecified atom stereocenters. The minimum absolute atomic E-state index is 0.144. The Kier molecular flexibility index (Phi) is 7.83. The van der Waals surface area contributed by atoms with Gasteiger partial charge in [-0.3, -0.25) is 9.59 Å². The first-order chi connectivity index (χ1) is 12.6. The number of nitrogens with one attached hydrogen (secondary N) is 1. The number of carbonyl (C=O) groups excluding carboxylic acids is 2. The van der Waals surface area contributed by atoms with Crippen LogP contribution in [-0.4, -0.2) is 37.0 Å². The number of nitrogens with zero attached hydrogens (tertiary/aromatic N) is 1. The molecule has 2 amide bonds. The van der Waals surface area contributed by atoms with Crippen LogP contribution in [0.3, 0.4) is 0 Å². The van der Waals surface area contributed by atoms with Crippen LogP contribution in [0.5, 0.6) is 0 Å². The Bertz CT molecular complexity index is 689. The first-order valence-electron chi connectivity index (χ1n) is 8.76. The average Bonchev–Trinajstić information content (AvgIpc) is 2.66. The molecule has 0 bridgehead atoms. The highest BCUT2D eigenvalue weighted by Gasteiger charge is 2.29. The molecular weight excluding hydrogens is 328 g/mol. The summed E-state index contributed by atoms with van der Waals surface area (Å²) < 4.78 is 5.02. The lowest BCUT2D eigenvalue weighted by atomic mass is 10.0. The molecule has 5 heteroatoms. The summed E-state index contributed by atoms with van der Waals surface area (Å²) >= 11 is 0. The van der Waals surface area contributed by atoms with Crippen LogP contribution in [0.15, 0.2) is 60.7 Å². The van der Waals surface area contributed by atoms with Crippen molar-refractivity contribution in [3.63, 3.8) is 0 Å². The summed E-state index contributed by atoms with van der Waals surface area (Å²) in [7, 11) is 1.63. The number of carbonyl (C=O) groups is 2. The molecule has 0 heterocycles. The minimum atomic E-state index is -0.670. The highest BCUT2D eigenvalue weighted by atomic mass is 16.5. The molecular formula is C21H26N2O3. The van der Waals surface area contributed by atoms with Gasteiger partial charge in [0.1, 0.15) is 6.04 Å². The fraction of sp³-hybridized carbons (Fsp3) is 0.333. The predicted octanol–water partition coefficient (Wildman–Crippen LogP) is 2.93. The van der Waals surface area contributed by atoms with Crippen LogP contribution in [-0.2, 0) is 20.9 Å². The van der Waals surface area contributed by atoms with Gasteiger partial charge in [0.25, 0.3) is 0 Å². The molecule has 2 rings (SSSR count). The smallest absolute Gasteiger partial charge is 0.247 e. The van der Waals surface area contributed by atoms with Gasteiger partial charge in [0.05, 0.1) is 0 Å². The van der Waals surface area contributed by atoms with Gasteiger partial charge in [-0.2, -0.15) is 0 Å². The molecule has 0 aromatic heterocycles. The van der Waals surface area contributed by atoms with Crippen LogP contribution in [0.1, 0.15) is 30.5 Å². The summed E-state index contributed by atoms with van der Waals surface area (Å²) in [6.45, 7) is 2.96. The molecule has 2 aromatic carbocycles. The highest BCUT2D eigenvalue weighted by Crippen LogP contribution is 2.23. The van der Waals surface area contributed by atoms with Crippen LogP contribution in [0, 0.1) is 0 Å². The van der Waals surface area contributed by atoms with Gasteiger partial charge in [-0.1, -0.05) is 60.7 Å². The van der Waals surface area contributed by atoms with Crippen LogP contribution >= 0.6 is 0 Å². The van der Waals surface area contributed by atoms with Gasteiger partial charge in [-0.15, -0.1) is 0 Å². The van der Waals surface area contributed by atoms with E-state index in [1.54, 1.807) is 12.0 Å². The Morgan fingerprint density at radius 2 is 1.65 bits per heavy atom. The van der Waals surface area contributed by atoms with Gasteiger partial charge in [-0.05, 0) is 17.5 Å². The third-order valence-corrected chi connectivity index (χ3v) is 4.10. The Morgan fingerprint density at radius 1 is 1.04 bits per heavy atom. The number of hydrogen-bond acceptors (Lipinski definition) is 3. The third-order valence-electron chi connectivity index (χ3n) is 4.10. The maximum Gasteiger partial charge on any atom is 0.247 e. The number of rotatable bonds is 9. The fourth-order valence-electron chi connectivity index (χ4n) is 2.80. The molecule has 2 aromatic rings. The number of hydrogen-bond donors (Lipinski definition) is 1. The van der Waals surface area contributed by atoms with Crippen LogP contribution in [0.25, 0.3) is 0 Å². The van der Waals surface area contributed by atoms with Crippen molar-refractivity contribution in [2.24, 2.45) is 0 Å². The van der Waals surface area contributed by atoms with E-state index in [9.17, 15) is 9.59 Å². The lowest BCUT2D eigenvalue weighted by molar-refractivity contribution is -0.140. The topological polar surface area (TPSA) is 58.6 Å². The van der Waals surface area contributed by atoms with Crippen molar-refractivity contribution in [1.82, 2.24) is 10.2 Å². The summed E-state index contributed by atoms with van der Waals surface area (Å²) in [6, 6.07) is 18.4. The van der Waals surface area contributed by atoms with Gasteiger partial charge in [-0.25, -0.2) is 0 Å². The van der Waals surface area contributed by atoms with Crippen molar-refractivity contribution in [2.45, 2.75) is 25.9 Å². The third kappa shape index (κ3) is 5.70. The molecule has 0 spiro atoms. The molecule has 0 fully saturated rings. The molecule has 0 aliphatic carbocycles. The molecule has 138 valence electrons. The molecule has 1 atom stereocenters. The van der Waals surface area contributed by atoms with E-state index in [1.807, 2.05) is 60.7 Å². The minimum Gasteiger partial charge on any atom is -0.385 e. The second-order valence-corrected chi connectivity index (χ2v) is 6.08. The van der Waals surface area contributed by atoms with Gasteiger partial charge < -0.3 is 15.0 Å². The lowest BCUT2D eigenvalue weighted by Crippen LogP contribution is -2.43. The average molecular weight is 354 g/mol. The highest BCUT2D eigenvalue weighted by molar-refractivity contribution is 5.88. The zero-order valence-electron chi connectivity index (χ0n) is 15.4. The van der Waals surface area contributed by atoms with E-state index in [2.05, 4.69) is 5.32 Å². The van der Waals surface area contributed by atoms with Gasteiger partial charge >= 0.3 is 0 Å². The Hall–Kier alpha value is -2.66. The summed E-state index contributed by atoms with van der Waals surface area (Å²) in [5.74, 6) is -0.326. The first kappa shape index (κ1) is 19.7. The van der Waals surface area contributed by atoms with Crippen molar-refractivity contribution >= 4 is 11.8 Å². The number of ether oxygens (including phenoxy) is 1. The van der Waals surface area contributed by atoms with E-state index in [4.69, 9.17) is 4.74 Å². The van der Waals surface area contributed by atoms with E-state index in [1.165, 1.54) is 6.92 Å². The standard InChI is InChI=1S/C21H26N2O3/c1-17(24)23(16-18-10-5-3-6-11-18)20(19-12-7-4-8-13-19)21(25)22-14-9-15-26-2/h3-8,10-13,20H,9,14-16H2,1-2H3,(H,22,25)/t20-/m0/s1. The quantitative estimate of drug-likeness (QED) is 0.705. The van der Waals surface area contributed by atoms with Crippen molar-refractivity contribution in [2.75, 3.05) is 20.3 Å². The monoisotopic (exact) mass is 354 g/mol. The SMILES string of the molecule is COCCCNC(=O)[C@H](c1ccccc1)N(Cc1ccccc1)C(C)=O. The van der Waals surface area contributed by atoms with Gasteiger partial charge in [0, 0.05) is 33.7 Å². The molecule has 0 saturated heterocycles. The van der Waals surface area contributed by atoms with Crippen LogP contribution < -0.4 is 5.32 Å². The number of methoxy groups -OCH3 is 1. The van der Waals surface area contributed by atoms with Crippen molar-refractivity contribution in [1.29, 1.82) is 0 Å². The summed E-state index contributed by atoms with van der Waals surface area (Å²) in [5, 5.41) is 2.92. The zero-order valence-corrected chi connectivity index (χ0v) is 15.4. The molecule has 0 radical (unpaired) electrons. The van der Waals surface area contributed by atoms with E-state index >= 15 is 0 Å². The molecule has 0 aliphatic rings. The molecule has 5 nitrogen and oxygen atoms in total. The van der Waals surface area contributed by atoms with Crippen molar-refractivity contribution in [3.8, 4) is 0 Å². The largest absolute Gasteiger partial charge is 0.385 e. The molecule has 0 saturated carbocycles. The fourth-order valence-corrected chi connectivity index (χ4v) is 2.80. The van der Waals surface area contributed by atoms with Crippen LogP contribution in [0.2, 0.25) is 0 Å². The summed E-state index contributed by atoms with van der Waals surface area (Å²) in [5.41, 5.74) is 1.78. The Morgan fingerprint density at radius 3 is 2.23 bits per heavy atom. The number of benzene rings is 2. The predicted molar refractivity (Wildman–Crippen MR) is 101 cm³/mol. The Balaban J connectivity index is 2.24. The molecule has 26 heavy (non-hydrogen) atoms. The summed E-state index contributed by atoms with van der Waals surface area (Å²) in [4.78, 5) is 26.9. The van der Waals surface area contributed by atoms with Gasteiger partial charge in [0.2, 0.25) is 11.8 Å². The zero-order chi connectivity index (χ0) is 18.8. The number of amides is 2. The molecule has 0 aliphatic heterocycles. The summed E-state index contributed by atoms with van der Waals surface area (Å²) in [6.07, 6.45) is 0.725. The molecule has 1 N–H and O–H groups in total. The maximum atomic E-state index is 12.9. The second kappa shape index (κ2) is 10.4. The normalized spacial score (nSPS) is 11.6. The maximum absolute atomic E-state index is 12.9. The van der Waals surface area contributed by atoms with Crippen LogP contribution in [0.4, 0.5) is 0 Å². The van der Waals surface area contributed by atoms with E-state index < -0.39 is 6.04 Å². The van der Waals surface area contributed by atoms with E-state index in [-0.39, 0.29) is 11.8 Å². The van der Waals surface area contributed by atoms with Crippen molar-refractivity contribution in [3.05, 3.63) is 71.8 Å². The van der Waals surface area contributed by atoms with E-state index in [0.29, 0.717) is 19.7 Å². The first-order valence-corrected chi connectivity index (χ1v) is 8.76. The van der Waals surface area contributed by atoms with Crippen molar-refractivity contribution < 1.29 is 14.3 Å². The Labute approximate surface area is 155 Å². The van der Waals surface area contributed by atoms with E-state index in [0.717, 1.165) is 17.5 Å².